The lowest BCUT2D eigenvalue weighted by Gasteiger charge is -2.24. The van der Waals surface area contributed by atoms with E-state index >= 15 is 0 Å². The van der Waals surface area contributed by atoms with Gasteiger partial charge in [-0.1, -0.05) is 157 Å². The molecule has 0 aliphatic rings. The van der Waals surface area contributed by atoms with Gasteiger partial charge < -0.3 is 4.90 Å². The van der Waals surface area contributed by atoms with Crippen molar-refractivity contribution in [3.63, 3.8) is 0 Å². The molecule has 0 fully saturated rings. The quantitative estimate of drug-likeness (QED) is 0.148. The highest BCUT2D eigenvalue weighted by atomic mass is 15.1. The topological polar surface area (TPSA) is 3.24 Å². The van der Waals surface area contributed by atoms with Crippen LogP contribution in [0.1, 0.15) is 50.1 Å². The molecule has 0 aliphatic carbocycles. The fourth-order valence-electron chi connectivity index (χ4n) is 5.83. The number of rotatable bonds is 9. The van der Waals surface area contributed by atoms with Crippen molar-refractivity contribution in [1.82, 2.24) is 0 Å². The normalized spacial score (nSPS) is 10.9. The maximum atomic E-state index is 2.32. The van der Waals surface area contributed by atoms with Gasteiger partial charge in [0.25, 0.3) is 0 Å². The molecule has 6 aromatic rings. The van der Waals surface area contributed by atoms with E-state index < -0.39 is 0 Å². The molecule has 0 heterocycles. The third kappa shape index (κ3) is 7.77. The summed E-state index contributed by atoms with van der Waals surface area (Å²) in [5.74, 6) is 0. The minimum absolute atomic E-state index is 1.12. The molecule has 0 saturated heterocycles. The van der Waals surface area contributed by atoms with Gasteiger partial charge in [-0.25, -0.2) is 0 Å². The molecule has 1 heteroatoms. The van der Waals surface area contributed by atoms with Gasteiger partial charge in [0.2, 0.25) is 0 Å². The second-order valence-electron chi connectivity index (χ2n) is 12.2. The van der Waals surface area contributed by atoms with Crippen molar-refractivity contribution in [2.24, 2.45) is 0 Å². The molecule has 0 bridgehead atoms. The monoisotopic (exact) mass is 607 g/mol. The lowest BCUT2D eigenvalue weighted by Crippen LogP contribution is -2.11. The Morgan fingerprint density at radius 2 is 0.979 bits per heavy atom. The summed E-state index contributed by atoms with van der Waals surface area (Å²) in [6.45, 7) is 8.62. The van der Waals surface area contributed by atoms with Gasteiger partial charge in [-0.15, -0.1) is 0 Å². The molecule has 0 unspecified atom stereocenters. The van der Waals surface area contributed by atoms with Crippen molar-refractivity contribution in [2.75, 3.05) is 4.90 Å². The van der Waals surface area contributed by atoms with Crippen molar-refractivity contribution in [2.45, 2.75) is 27.7 Å². The molecule has 0 aliphatic heterocycles. The first-order chi connectivity index (χ1) is 22.9. The minimum Gasteiger partial charge on any atom is -0.317 e. The lowest BCUT2D eigenvalue weighted by molar-refractivity contribution is 1.25. The van der Waals surface area contributed by atoms with Gasteiger partial charge in [0.15, 0.2) is 0 Å². The predicted octanol–water partition coefficient (Wildman–Crippen LogP) is 12.3. The Morgan fingerprint density at radius 1 is 0.447 bits per heavy atom. The van der Waals surface area contributed by atoms with Crippen LogP contribution in [0, 0.1) is 27.7 Å². The van der Waals surface area contributed by atoms with Crippen molar-refractivity contribution in [1.29, 1.82) is 0 Å². The first kappa shape index (κ1) is 31.3. The zero-order chi connectivity index (χ0) is 32.6. The first-order valence-electron chi connectivity index (χ1n) is 16.3. The van der Waals surface area contributed by atoms with E-state index in [1.54, 1.807) is 0 Å². The zero-order valence-electron chi connectivity index (χ0n) is 27.7. The molecular weight excluding hydrogens is 567 g/mol. The highest BCUT2D eigenvalue weighted by Crippen LogP contribution is 2.33. The van der Waals surface area contributed by atoms with Gasteiger partial charge in [0.1, 0.15) is 0 Å². The Hall–Kier alpha value is -5.66. The van der Waals surface area contributed by atoms with E-state index in [4.69, 9.17) is 0 Å². The molecule has 0 radical (unpaired) electrons. The summed E-state index contributed by atoms with van der Waals surface area (Å²) in [5, 5.41) is 0. The molecule has 0 saturated carbocycles. The summed E-state index contributed by atoms with van der Waals surface area (Å²) in [4.78, 5) is 2.32. The molecule has 47 heavy (non-hydrogen) atoms. The van der Waals surface area contributed by atoms with Crippen LogP contribution in [0.3, 0.4) is 0 Å². The number of allylic oxidation sites excluding steroid dienone is 2. The van der Waals surface area contributed by atoms with Crippen molar-refractivity contribution < 1.29 is 0 Å². The number of anilines is 2. The summed E-state index contributed by atoms with van der Waals surface area (Å²) >= 11 is 0. The summed E-state index contributed by atoms with van der Waals surface area (Å²) in [6, 6.07) is 54.3. The van der Waals surface area contributed by atoms with Gasteiger partial charge >= 0.3 is 0 Å². The lowest BCUT2D eigenvalue weighted by atomic mass is 9.96. The Bertz CT molecular complexity index is 1940. The number of nitrogens with zero attached hydrogens (tertiary/aromatic N) is 1. The molecule has 0 aromatic heterocycles. The highest BCUT2D eigenvalue weighted by molar-refractivity contribution is 5.85. The van der Waals surface area contributed by atoms with Crippen LogP contribution in [-0.4, -0.2) is 0 Å². The molecule has 1 nitrogen and oxygen atoms in total. The number of hydrogen-bond donors (Lipinski definition) is 0. The number of benzene rings is 6. The van der Waals surface area contributed by atoms with Crippen LogP contribution in [0.15, 0.2) is 170 Å². The van der Waals surface area contributed by atoms with E-state index in [1.807, 2.05) is 0 Å². The number of hydrogen-bond acceptors (Lipinski definition) is 1. The van der Waals surface area contributed by atoms with E-state index in [0.717, 1.165) is 11.4 Å². The molecule has 230 valence electrons. The molecular formula is C46H41N. The second kappa shape index (κ2) is 14.6. The molecule has 6 aromatic carbocycles. The Labute approximate surface area is 280 Å². The maximum Gasteiger partial charge on any atom is 0.0458 e. The standard InChI is InChI=1S/C46H41N/c1-34-21-25-41(26-22-34)46(42-27-23-35(2)24-28-42)33-47(43-19-11-13-36(3)31-43)44-30-29-38(37(4)32-44)18-12-20-45(39-14-7-5-8-15-39)40-16-9-6-10-17-40/h5-33H,1-4H3. The van der Waals surface area contributed by atoms with Crippen LogP contribution < -0.4 is 4.90 Å². The highest BCUT2D eigenvalue weighted by Gasteiger charge is 2.14. The fourth-order valence-corrected chi connectivity index (χ4v) is 5.83. The van der Waals surface area contributed by atoms with Crippen molar-refractivity contribution in [3.8, 4) is 0 Å². The average Bonchev–Trinajstić information content (AvgIpc) is 3.10. The van der Waals surface area contributed by atoms with E-state index in [2.05, 4.69) is 209 Å². The van der Waals surface area contributed by atoms with E-state index in [1.165, 1.54) is 61.2 Å². The van der Waals surface area contributed by atoms with E-state index in [0.29, 0.717) is 0 Å². The van der Waals surface area contributed by atoms with Crippen LogP contribution in [0.5, 0.6) is 0 Å². The van der Waals surface area contributed by atoms with E-state index in [-0.39, 0.29) is 0 Å². The summed E-state index contributed by atoms with van der Waals surface area (Å²) in [6.07, 6.45) is 8.89. The van der Waals surface area contributed by atoms with Gasteiger partial charge in [-0.3, -0.25) is 0 Å². The van der Waals surface area contributed by atoms with Gasteiger partial charge in [0.05, 0.1) is 0 Å². The average molecular weight is 608 g/mol. The van der Waals surface area contributed by atoms with E-state index in [9.17, 15) is 0 Å². The largest absolute Gasteiger partial charge is 0.317 e. The zero-order valence-corrected chi connectivity index (χ0v) is 27.7. The fraction of sp³-hybridized carbons (Fsp3) is 0.0870. The smallest absolute Gasteiger partial charge is 0.0458 e. The van der Waals surface area contributed by atoms with Crippen molar-refractivity contribution in [3.05, 3.63) is 220 Å². The van der Waals surface area contributed by atoms with Crippen molar-refractivity contribution >= 4 is 28.6 Å². The number of aryl methyl sites for hydroxylation is 4. The van der Waals surface area contributed by atoms with Crippen LogP contribution in [-0.2, 0) is 0 Å². The van der Waals surface area contributed by atoms with Crippen LogP contribution >= 0.6 is 0 Å². The summed E-state index contributed by atoms with van der Waals surface area (Å²) in [5.41, 5.74) is 15.5. The molecule has 0 N–H and O–H groups in total. The van der Waals surface area contributed by atoms with Crippen LogP contribution in [0.4, 0.5) is 11.4 Å². The Morgan fingerprint density at radius 3 is 1.51 bits per heavy atom. The molecule has 6 rings (SSSR count). The summed E-state index contributed by atoms with van der Waals surface area (Å²) in [7, 11) is 0. The third-order valence-corrected chi connectivity index (χ3v) is 8.50. The Balaban J connectivity index is 1.41. The molecule has 0 spiro atoms. The summed E-state index contributed by atoms with van der Waals surface area (Å²) < 4.78 is 0. The first-order valence-corrected chi connectivity index (χ1v) is 16.3. The third-order valence-electron chi connectivity index (χ3n) is 8.50. The van der Waals surface area contributed by atoms with Crippen LogP contribution in [0.25, 0.3) is 17.2 Å². The molecule has 0 atom stereocenters. The second-order valence-corrected chi connectivity index (χ2v) is 12.2. The van der Waals surface area contributed by atoms with Crippen LogP contribution in [0.2, 0.25) is 0 Å². The Kier molecular flexibility index (Phi) is 9.75. The van der Waals surface area contributed by atoms with Gasteiger partial charge in [-0.05, 0) is 96.5 Å². The minimum atomic E-state index is 1.12. The van der Waals surface area contributed by atoms with Gasteiger partial charge in [-0.2, -0.15) is 0 Å². The SMILES string of the molecule is Cc1ccc(C(=CN(c2cccc(C)c2)c2ccc(C=CC=C(c3ccccc3)c3ccccc3)c(C)c2)c2ccc(C)cc2)cc1. The van der Waals surface area contributed by atoms with Gasteiger partial charge in [0, 0.05) is 23.1 Å². The predicted molar refractivity (Wildman–Crippen MR) is 203 cm³/mol. The molecule has 0 amide bonds. The maximum absolute atomic E-state index is 2.32.